The van der Waals surface area contributed by atoms with Crippen LogP contribution in [0.5, 0.6) is 5.75 Å². The fourth-order valence-electron chi connectivity index (χ4n) is 2.37. The number of rotatable bonds is 7. The molecular formula is C19H20FNO5S. The highest BCUT2D eigenvalue weighted by atomic mass is 32.1. The van der Waals surface area contributed by atoms with Gasteiger partial charge in [0.05, 0.1) is 17.0 Å². The first-order valence-electron chi connectivity index (χ1n) is 8.29. The number of halogens is 1. The van der Waals surface area contributed by atoms with Gasteiger partial charge < -0.3 is 14.8 Å². The van der Waals surface area contributed by atoms with Gasteiger partial charge in [-0.1, -0.05) is 0 Å². The summed E-state index contributed by atoms with van der Waals surface area (Å²) in [5.74, 6) is -1.41. The predicted molar refractivity (Wildman–Crippen MR) is 100 cm³/mol. The smallest absolute Gasteiger partial charge is 0.341 e. The highest BCUT2D eigenvalue weighted by Gasteiger charge is 2.26. The Kier molecular flexibility index (Phi) is 6.68. The molecule has 1 aromatic heterocycles. The van der Waals surface area contributed by atoms with Crippen LogP contribution in [-0.2, 0) is 9.53 Å². The van der Waals surface area contributed by atoms with Crippen LogP contribution in [0, 0.1) is 12.7 Å². The normalized spacial score (nSPS) is 11.6. The van der Waals surface area contributed by atoms with Gasteiger partial charge in [0.25, 0.3) is 5.91 Å². The molecule has 1 atom stereocenters. The number of benzene rings is 1. The molecule has 0 saturated heterocycles. The van der Waals surface area contributed by atoms with Crippen molar-refractivity contribution in [2.24, 2.45) is 0 Å². The van der Waals surface area contributed by atoms with E-state index in [1.54, 1.807) is 13.8 Å². The van der Waals surface area contributed by atoms with E-state index in [0.29, 0.717) is 16.2 Å². The number of ketones is 1. The van der Waals surface area contributed by atoms with E-state index in [9.17, 15) is 18.8 Å². The van der Waals surface area contributed by atoms with E-state index in [-0.39, 0.29) is 23.0 Å². The summed E-state index contributed by atoms with van der Waals surface area (Å²) < 4.78 is 23.5. The third-order valence-electron chi connectivity index (χ3n) is 3.68. The number of nitrogens with one attached hydrogen (secondary N) is 1. The Balaban J connectivity index is 2.22. The second-order valence-electron chi connectivity index (χ2n) is 5.74. The lowest BCUT2D eigenvalue weighted by molar-refractivity contribution is -0.122. The summed E-state index contributed by atoms with van der Waals surface area (Å²) in [6, 6.07) is 5.26. The van der Waals surface area contributed by atoms with Crippen LogP contribution in [0.2, 0.25) is 0 Å². The molecule has 1 amide bonds. The molecular weight excluding hydrogens is 373 g/mol. The van der Waals surface area contributed by atoms with Crippen LogP contribution >= 0.6 is 11.3 Å². The average Bonchev–Trinajstić information content (AvgIpc) is 2.93. The standard InChI is InChI=1S/C19H20FNO5S/c1-5-25-19(24)15-10(2)16(11(3)22)27-18(15)21-17(23)12(4)26-14-8-6-13(20)7-9-14/h6-9,12H,5H2,1-4H3,(H,21,23)/t12-/m1/s1. The first kappa shape index (κ1) is 20.6. The maximum Gasteiger partial charge on any atom is 0.341 e. The monoisotopic (exact) mass is 393 g/mol. The molecule has 0 saturated carbocycles. The van der Waals surface area contributed by atoms with Crippen LogP contribution < -0.4 is 10.1 Å². The average molecular weight is 393 g/mol. The van der Waals surface area contributed by atoms with Crippen molar-refractivity contribution in [3.8, 4) is 5.75 Å². The van der Waals surface area contributed by atoms with Gasteiger partial charge in [0, 0.05) is 0 Å². The highest BCUT2D eigenvalue weighted by Crippen LogP contribution is 2.34. The van der Waals surface area contributed by atoms with Crippen LogP contribution in [-0.4, -0.2) is 30.4 Å². The summed E-state index contributed by atoms with van der Waals surface area (Å²) in [5.41, 5.74) is 0.628. The SMILES string of the molecule is CCOC(=O)c1c(NC(=O)[C@@H](C)Oc2ccc(F)cc2)sc(C(C)=O)c1C. The van der Waals surface area contributed by atoms with E-state index in [0.717, 1.165) is 11.3 Å². The number of amides is 1. The van der Waals surface area contributed by atoms with Gasteiger partial charge in [0.2, 0.25) is 0 Å². The number of hydrogen-bond donors (Lipinski definition) is 1. The maximum absolute atomic E-state index is 13.0. The zero-order chi connectivity index (χ0) is 20.1. The van der Waals surface area contributed by atoms with Crippen molar-refractivity contribution in [2.75, 3.05) is 11.9 Å². The van der Waals surface area contributed by atoms with E-state index in [1.165, 1.54) is 38.1 Å². The molecule has 0 bridgehead atoms. The molecule has 2 aromatic rings. The van der Waals surface area contributed by atoms with Crippen LogP contribution in [0.3, 0.4) is 0 Å². The third kappa shape index (κ3) is 4.91. The van der Waals surface area contributed by atoms with Gasteiger partial charge in [-0.15, -0.1) is 11.3 Å². The van der Waals surface area contributed by atoms with Crippen LogP contribution in [0.15, 0.2) is 24.3 Å². The molecule has 2 rings (SSSR count). The molecule has 1 heterocycles. The lowest BCUT2D eigenvalue weighted by Gasteiger charge is -2.14. The fraction of sp³-hybridized carbons (Fsp3) is 0.316. The Morgan fingerprint density at radius 2 is 1.85 bits per heavy atom. The molecule has 1 N–H and O–H groups in total. The van der Waals surface area contributed by atoms with Crippen LogP contribution in [0.4, 0.5) is 9.39 Å². The molecule has 144 valence electrons. The summed E-state index contributed by atoms with van der Waals surface area (Å²) in [7, 11) is 0. The number of thiophene rings is 1. The molecule has 0 aliphatic rings. The zero-order valence-corrected chi connectivity index (χ0v) is 16.2. The number of anilines is 1. The predicted octanol–water partition coefficient (Wildman–Crippen LogP) is 3.98. The molecule has 8 heteroatoms. The summed E-state index contributed by atoms with van der Waals surface area (Å²) in [6.07, 6.45) is -0.909. The molecule has 1 aromatic carbocycles. The van der Waals surface area contributed by atoms with Crippen LogP contribution in [0.1, 0.15) is 46.4 Å². The van der Waals surface area contributed by atoms with Gasteiger partial charge in [0.1, 0.15) is 16.6 Å². The fourth-order valence-corrected chi connectivity index (χ4v) is 3.46. The number of carbonyl (C=O) groups is 3. The Bertz CT molecular complexity index is 860. The first-order valence-corrected chi connectivity index (χ1v) is 9.10. The second kappa shape index (κ2) is 8.77. The molecule has 0 radical (unpaired) electrons. The Morgan fingerprint density at radius 3 is 2.41 bits per heavy atom. The van der Waals surface area contributed by atoms with Gasteiger partial charge in [0.15, 0.2) is 11.9 Å². The lowest BCUT2D eigenvalue weighted by atomic mass is 10.1. The summed E-state index contributed by atoms with van der Waals surface area (Å²) >= 11 is 1.01. The molecule has 6 nitrogen and oxygen atoms in total. The summed E-state index contributed by atoms with van der Waals surface area (Å²) in [6.45, 7) is 6.38. The summed E-state index contributed by atoms with van der Waals surface area (Å²) in [4.78, 5) is 36.9. The Morgan fingerprint density at radius 1 is 1.22 bits per heavy atom. The Labute approximate surface area is 160 Å². The van der Waals surface area contributed by atoms with E-state index < -0.39 is 23.8 Å². The molecule has 0 aliphatic heterocycles. The second-order valence-corrected chi connectivity index (χ2v) is 6.76. The van der Waals surface area contributed by atoms with Crippen molar-refractivity contribution >= 4 is 34.0 Å². The van der Waals surface area contributed by atoms with E-state index >= 15 is 0 Å². The maximum atomic E-state index is 13.0. The number of esters is 1. The minimum Gasteiger partial charge on any atom is -0.481 e. The van der Waals surface area contributed by atoms with Gasteiger partial charge >= 0.3 is 5.97 Å². The molecule has 0 aliphatic carbocycles. The highest BCUT2D eigenvalue weighted by molar-refractivity contribution is 7.18. The first-order chi connectivity index (χ1) is 12.7. The number of ether oxygens (including phenoxy) is 2. The minimum atomic E-state index is -0.909. The summed E-state index contributed by atoms with van der Waals surface area (Å²) in [5, 5.41) is 2.86. The largest absolute Gasteiger partial charge is 0.481 e. The van der Waals surface area contributed by atoms with Gasteiger partial charge in [-0.3, -0.25) is 9.59 Å². The van der Waals surface area contributed by atoms with Crippen LogP contribution in [0.25, 0.3) is 0 Å². The van der Waals surface area contributed by atoms with Gasteiger partial charge in [-0.2, -0.15) is 0 Å². The molecule has 0 unspecified atom stereocenters. The minimum absolute atomic E-state index is 0.161. The van der Waals surface area contributed by atoms with Crippen molar-refractivity contribution in [1.29, 1.82) is 0 Å². The van der Waals surface area contributed by atoms with E-state index in [4.69, 9.17) is 9.47 Å². The number of carbonyl (C=O) groups excluding carboxylic acids is 3. The molecule has 0 fully saturated rings. The van der Waals surface area contributed by atoms with Crippen molar-refractivity contribution in [1.82, 2.24) is 0 Å². The molecule has 0 spiro atoms. The lowest BCUT2D eigenvalue weighted by Crippen LogP contribution is -2.30. The third-order valence-corrected chi connectivity index (χ3v) is 4.99. The van der Waals surface area contributed by atoms with Crippen molar-refractivity contribution < 1.29 is 28.2 Å². The van der Waals surface area contributed by atoms with Gasteiger partial charge in [-0.25, -0.2) is 9.18 Å². The topological polar surface area (TPSA) is 81.7 Å². The van der Waals surface area contributed by atoms with Crippen molar-refractivity contribution in [3.05, 3.63) is 46.1 Å². The van der Waals surface area contributed by atoms with Crippen molar-refractivity contribution in [3.63, 3.8) is 0 Å². The quantitative estimate of drug-likeness (QED) is 0.568. The zero-order valence-electron chi connectivity index (χ0n) is 15.4. The van der Waals surface area contributed by atoms with Crippen molar-refractivity contribution in [2.45, 2.75) is 33.8 Å². The van der Waals surface area contributed by atoms with Gasteiger partial charge in [-0.05, 0) is 57.5 Å². The number of Topliss-reactive ketones (excluding diaryl/α,β-unsaturated/α-hetero) is 1. The number of hydrogen-bond acceptors (Lipinski definition) is 6. The van der Waals surface area contributed by atoms with E-state index in [1.807, 2.05) is 0 Å². The molecule has 27 heavy (non-hydrogen) atoms. The van der Waals surface area contributed by atoms with E-state index in [2.05, 4.69) is 5.32 Å². The Hall–Kier alpha value is -2.74.